The fourth-order valence-electron chi connectivity index (χ4n) is 5.59. The van der Waals surface area contributed by atoms with E-state index in [9.17, 15) is 33.6 Å². The highest BCUT2D eigenvalue weighted by molar-refractivity contribution is 5.93. The van der Waals surface area contributed by atoms with Gasteiger partial charge in [-0.25, -0.2) is 0 Å². The number of aliphatic carboxylic acids is 1. The summed E-state index contributed by atoms with van der Waals surface area (Å²) in [4.78, 5) is 88.2. The lowest BCUT2D eigenvalue weighted by molar-refractivity contribution is -0.137. The van der Waals surface area contributed by atoms with E-state index in [0.29, 0.717) is 36.8 Å². The van der Waals surface area contributed by atoms with E-state index in [1.807, 2.05) is 48.5 Å². The van der Waals surface area contributed by atoms with E-state index in [1.54, 1.807) is 31.2 Å². The van der Waals surface area contributed by atoms with Crippen LogP contribution in [0.1, 0.15) is 116 Å². The standard InChI is InChI=1S/C38H63N7O8/c1-9-13-29(43-38(53)33(24(7)10-2)44-30(46)16-12-17-31(47)48)36(51)42-28(18-22(3)4)21-40-25(8)35(50)45-32(23(5)6)37(52)41-20-26-14-11-15-27(19-26)34(39)49/h11,14-15,19,22-25,28-29,32-33,40H,9-10,12-13,16-18,20-21H2,1-8H3,(H2,39,49)(H,41,52)(H,42,51)(H,43,53)(H,44,46)(H,45,50)(H,47,48)/t24-,25-,28-,29-,32-,33-/m0/s1. The summed E-state index contributed by atoms with van der Waals surface area (Å²) in [7, 11) is 0. The lowest BCUT2D eigenvalue weighted by atomic mass is 9.97. The van der Waals surface area contributed by atoms with Crippen LogP contribution in [-0.4, -0.2) is 83.3 Å². The Morgan fingerprint density at radius 1 is 0.792 bits per heavy atom. The summed E-state index contributed by atoms with van der Waals surface area (Å²) in [5.74, 6) is -3.96. The topological polar surface area (TPSA) is 238 Å². The lowest BCUT2D eigenvalue weighted by Gasteiger charge is -2.29. The van der Waals surface area contributed by atoms with Gasteiger partial charge in [-0.2, -0.15) is 0 Å². The highest BCUT2D eigenvalue weighted by atomic mass is 16.4. The minimum absolute atomic E-state index is 0.0360. The molecule has 298 valence electrons. The number of nitrogens with two attached hydrogens (primary N) is 1. The number of carboxylic acid groups (broad SMARTS) is 1. The summed E-state index contributed by atoms with van der Waals surface area (Å²) in [6.07, 6.45) is 2.07. The predicted molar refractivity (Wildman–Crippen MR) is 202 cm³/mol. The highest BCUT2D eigenvalue weighted by Crippen LogP contribution is 2.12. The van der Waals surface area contributed by atoms with Crippen LogP contribution in [0.15, 0.2) is 24.3 Å². The summed E-state index contributed by atoms with van der Waals surface area (Å²) in [6, 6.07) is 2.90. The first-order valence-corrected chi connectivity index (χ1v) is 18.7. The van der Waals surface area contributed by atoms with Gasteiger partial charge in [0.05, 0.1) is 6.04 Å². The molecule has 0 radical (unpaired) electrons. The Kier molecular flexibility index (Phi) is 21.0. The van der Waals surface area contributed by atoms with Gasteiger partial charge in [0, 0.05) is 37.5 Å². The smallest absolute Gasteiger partial charge is 0.303 e. The zero-order chi connectivity index (χ0) is 40.2. The Morgan fingerprint density at radius 3 is 2.04 bits per heavy atom. The lowest BCUT2D eigenvalue weighted by Crippen LogP contribution is -2.58. The van der Waals surface area contributed by atoms with Crippen molar-refractivity contribution in [2.45, 2.75) is 137 Å². The molecule has 6 amide bonds. The molecule has 15 nitrogen and oxygen atoms in total. The van der Waals surface area contributed by atoms with Gasteiger partial charge in [-0.05, 0) is 61.6 Å². The van der Waals surface area contributed by atoms with Crippen LogP contribution in [0.2, 0.25) is 0 Å². The Bertz CT molecular complexity index is 1390. The third-order valence-corrected chi connectivity index (χ3v) is 8.91. The molecule has 0 aliphatic heterocycles. The van der Waals surface area contributed by atoms with Gasteiger partial charge in [0.25, 0.3) is 0 Å². The molecule has 0 heterocycles. The van der Waals surface area contributed by atoms with E-state index >= 15 is 0 Å². The maximum absolute atomic E-state index is 13.6. The fraction of sp³-hybridized carbons (Fsp3) is 0.658. The number of nitrogens with one attached hydrogen (secondary N) is 6. The summed E-state index contributed by atoms with van der Waals surface area (Å²) in [6.45, 7) is 15.3. The van der Waals surface area contributed by atoms with Crippen LogP contribution < -0.4 is 37.6 Å². The predicted octanol–water partition coefficient (Wildman–Crippen LogP) is 2.12. The summed E-state index contributed by atoms with van der Waals surface area (Å²) < 4.78 is 0. The van der Waals surface area contributed by atoms with E-state index < -0.39 is 65.7 Å². The van der Waals surface area contributed by atoms with Gasteiger partial charge in [0.1, 0.15) is 18.1 Å². The molecule has 0 unspecified atom stereocenters. The molecule has 53 heavy (non-hydrogen) atoms. The monoisotopic (exact) mass is 745 g/mol. The normalized spacial score (nSPS) is 14.6. The molecule has 0 saturated carbocycles. The second kappa shape index (κ2) is 23.9. The number of hydrogen-bond donors (Lipinski definition) is 8. The number of carbonyl (C=O) groups is 7. The first-order valence-electron chi connectivity index (χ1n) is 18.7. The molecule has 0 spiro atoms. The van der Waals surface area contributed by atoms with Gasteiger partial charge in [-0.3, -0.25) is 33.6 Å². The molecule has 15 heteroatoms. The van der Waals surface area contributed by atoms with Gasteiger partial charge in [-0.1, -0.05) is 73.4 Å². The number of hydrogen-bond acceptors (Lipinski definition) is 8. The third kappa shape index (κ3) is 17.7. The van der Waals surface area contributed by atoms with Crippen molar-refractivity contribution in [3.8, 4) is 0 Å². The number of rotatable bonds is 25. The van der Waals surface area contributed by atoms with Crippen LogP contribution in [0.3, 0.4) is 0 Å². The SMILES string of the molecule is CCC[C@H](NC(=O)[C@@H](NC(=O)CCCC(=O)O)[C@@H](C)CC)C(=O)N[C@H](CN[C@@H](C)C(=O)N[C@H](C(=O)NCc1cccc(C(N)=O)c1)C(C)C)CC(C)C. The molecule has 0 bridgehead atoms. The van der Waals surface area contributed by atoms with Crippen LogP contribution in [-0.2, 0) is 35.3 Å². The highest BCUT2D eigenvalue weighted by Gasteiger charge is 2.31. The molecule has 0 aliphatic carbocycles. The largest absolute Gasteiger partial charge is 0.481 e. The van der Waals surface area contributed by atoms with Crippen molar-refractivity contribution in [1.29, 1.82) is 0 Å². The molecule has 0 aromatic heterocycles. The third-order valence-electron chi connectivity index (χ3n) is 8.91. The van der Waals surface area contributed by atoms with Crippen LogP contribution in [0.25, 0.3) is 0 Å². The summed E-state index contributed by atoms with van der Waals surface area (Å²) >= 11 is 0. The van der Waals surface area contributed by atoms with Crippen molar-refractivity contribution < 1.29 is 38.7 Å². The molecule has 1 aromatic rings. The number of carbonyl (C=O) groups excluding carboxylic acids is 6. The molecule has 0 fully saturated rings. The van der Waals surface area contributed by atoms with E-state index in [0.717, 1.165) is 0 Å². The summed E-state index contributed by atoms with van der Waals surface area (Å²) in [5.41, 5.74) is 6.37. The first-order chi connectivity index (χ1) is 24.9. The van der Waals surface area contributed by atoms with Gasteiger partial charge in [0.2, 0.25) is 35.4 Å². The van der Waals surface area contributed by atoms with Crippen molar-refractivity contribution in [1.82, 2.24) is 31.9 Å². The minimum atomic E-state index is -1.01. The van der Waals surface area contributed by atoms with Gasteiger partial charge in [0.15, 0.2) is 0 Å². The first kappa shape index (κ1) is 46.5. The van der Waals surface area contributed by atoms with Gasteiger partial charge in [-0.15, -0.1) is 0 Å². The molecule has 0 aliphatic rings. The number of carboxylic acids is 1. The van der Waals surface area contributed by atoms with Crippen molar-refractivity contribution in [3.05, 3.63) is 35.4 Å². The number of amides is 6. The molecule has 1 rings (SSSR count). The van der Waals surface area contributed by atoms with E-state index in [4.69, 9.17) is 10.8 Å². The van der Waals surface area contributed by atoms with Crippen molar-refractivity contribution in [3.63, 3.8) is 0 Å². The summed E-state index contributed by atoms with van der Waals surface area (Å²) in [5, 5.41) is 26.3. The Hall–Kier alpha value is -4.53. The molecular formula is C38H63N7O8. The Morgan fingerprint density at radius 2 is 1.47 bits per heavy atom. The van der Waals surface area contributed by atoms with E-state index in [-0.39, 0.29) is 56.0 Å². The van der Waals surface area contributed by atoms with Crippen LogP contribution >= 0.6 is 0 Å². The molecule has 0 saturated heterocycles. The number of primary amides is 1. The second-order valence-electron chi connectivity index (χ2n) is 14.5. The quantitative estimate of drug-likeness (QED) is 0.0731. The van der Waals surface area contributed by atoms with Crippen LogP contribution in [0.4, 0.5) is 0 Å². The van der Waals surface area contributed by atoms with Crippen LogP contribution in [0.5, 0.6) is 0 Å². The van der Waals surface area contributed by atoms with Gasteiger partial charge < -0.3 is 42.7 Å². The molecular weight excluding hydrogens is 682 g/mol. The Balaban J connectivity index is 2.91. The van der Waals surface area contributed by atoms with Crippen molar-refractivity contribution in [2.24, 2.45) is 23.5 Å². The van der Waals surface area contributed by atoms with Crippen molar-refractivity contribution >= 4 is 41.4 Å². The average molecular weight is 746 g/mol. The van der Waals surface area contributed by atoms with Crippen LogP contribution in [0, 0.1) is 17.8 Å². The average Bonchev–Trinajstić information content (AvgIpc) is 3.09. The zero-order valence-corrected chi connectivity index (χ0v) is 32.7. The second-order valence-corrected chi connectivity index (χ2v) is 14.5. The van der Waals surface area contributed by atoms with Gasteiger partial charge >= 0.3 is 5.97 Å². The zero-order valence-electron chi connectivity index (χ0n) is 32.7. The van der Waals surface area contributed by atoms with E-state index in [1.165, 1.54) is 0 Å². The fourth-order valence-corrected chi connectivity index (χ4v) is 5.59. The number of benzene rings is 1. The van der Waals surface area contributed by atoms with Crippen molar-refractivity contribution in [2.75, 3.05) is 6.54 Å². The molecule has 9 N–H and O–H groups in total. The minimum Gasteiger partial charge on any atom is -0.481 e. The maximum Gasteiger partial charge on any atom is 0.303 e. The molecule has 6 atom stereocenters. The molecule has 1 aromatic carbocycles. The maximum atomic E-state index is 13.6. The van der Waals surface area contributed by atoms with E-state index in [2.05, 4.69) is 31.9 Å². The Labute approximate surface area is 314 Å².